The highest BCUT2D eigenvalue weighted by molar-refractivity contribution is 5.84. The van der Waals surface area contributed by atoms with Crippen LogP contribution >= 0.6 is 0 Å². The highest BCUT2D eigenvalue weighted by Crippen LogP contribution is 2.18. The Morgan fingerprint density at radius 2 is 1.90 bits per heavy atom. The fourth-order valence-corrected chi connectivity index (χ4v) is 1.72. The molecule has 0 saturated heterocycles. The van der Waals surface area contributed by atoms with E-state index < -0.39 is 6.09 Å². The van der Waals surface area contributed by atoms with E-state index in [0.717, 1.165) is 5.56 Å². The van der Waals surface area contributed by atoms with Crippen molar-refractivity contribution in [2.75, 3.05) is 12.4 Å². The van der Waals surface area contributed by atoms with Crippen molar-refractivity contribution in [3.05, 3.63) is 59.7 Å². The predicted molar refractivity (Wildman–Crippen MR) is 78.0 cm³/mol. The molecule has 0 spiro atoms. The molecular weight excluding hydrogens is 268 g/mol. The molecule has 0 heterocycles. The SMILES string of the molecule is COC(=O)Nc1ccc(OCc2ccccc2C#N)cc1. The monoisotopic (exact) mass is 282 g/mol. The van der Waals surface area contributed by atoms with Crippen LogP contribution < -0.4 is 10.1 Å². The number of nitrogens with one attached hydrogen (secondary N) is 1. The van der Waals surface area contributed by atoms with Gasteiger partial charge in [0.1, 0.15) is 12.4 Å². The van der Waals surface area contributed by atoms with Gasteiger partial charge in [0.15, 0.2) is 0 Å². The van der Waals surface area contributed by atoms with Gasteiger partial charge in [0.2, 0.25) is 0 Å². The summed E-state index contributed by atoms with van der Waals surface area (Å²) in [5.74, 6) is 0.651. The average Bonchev–Trinajstić information content (AvgIpc) is 2.54. The lowest BCUT2D eigenvalue weighted by atomic mass is 10.1. The maximum atomic E-state index is 11.1. The number of carbonyl (C=O) groups excluding carboxylic acids is 1. The Labute approximate surface area is 122 Å². The van der Waals surface area contributed by atoms with Gasteiger partial charge in [0, 0.05) is 11.3 Å². The predicted octanol–water partition coefficient (Wildman–Crippen LogP) is 3.32. The maximum Gasteiger partial charge on any atom is 0.411 e. The van der Waals surface area contributed by atoms with Crippen molar-refractivity contribution in [2.45, 2.75) is 6.61 Å². The summed E-state index contributed by atoms with van der Waals surface area (Å²) < 4.78 is 10.1. The zero-order valence-corrected chi connectivity index (χ0v) is 11.5. The van der Waals surface area contributed by atoms with Crippen molar-refractivity contribution in [1.29, 1.82) is 5.26 Å². The summed E-state index contributed by atoms with van der Waals surface area (Å²) in [6, 6.07) is 16.3. The third-order valence-electron chi connectivity index (χ3n) is 2.82. The van der Waals surface area contributed by atoms with E-state index in [0.29, 0.717) is 23.6 Å². The van der Waals surface area contributed by atoms with Gasteiger partial charge >= 0.3 is 6.09 Å². The van der Waals surface area contributed by atoms with Crippen LogP contribution in [0, 0.1) is 11.3 Å². The number of rotatable bonds is 4. The lowest BCUT2D eigenvalue weighted by Gasteiger charge is -2.08. The average molecular weight is 282 g/mol. The Kier molecular flexibility index (Phi) is 4.78. The molecule has 5 nitrogen and oxygen atoms in total. The molecule has 0 aliphatic rings. The molecular formula is C16H14N2O3. The van der Waals surface area contributed by atoms with Crippen LogP contribution in [0.1, 0.15) is 11.1 Å². The highest BCUT2D eigenvalue weighted by atomic mass is 16.5. The van der Waals surface area contributed by atoms with E-state index >= 15 is 0 Å². The van der Waals surface area contributed by atoms with Crippen molar-refractivity contribution >= 4 is 11.8 Å². The first-order valence-electron chi connectivity index (χ1n) is 6.29. The number of anilines is 1. The zero-order chi connectivity index (χ0) is 15.1. The minimum absolute atomic E-state index is 0.313. The van der Waals surface area contributed by atoms with Crippen LogP contribution in [0.2, 0.25) is 0 Å². The largest absolute Gasteiger partial charge is 0.489 e. The number of nitriles is 1. The molecule has 21 heavy (non-hydrogen) atoms. The van der Waals surface area contributed by atoms with Crippen molar-refractivity contribution in [3.8, 4) is 11.8 Å². The van der Waals surface area contributed by atoms with Crippen LogP contribution in [0.25, 0.3) is 0 Å². The molecule has 2 rings (SSSR count). The van der Waals surface area contributed by atoms with Gasteiger partial charge in [-0.15, -0.1) is 0 Å². The Morgan fingerprint density at radius 3 is 2.57 bits per heavy atom. The number of amides is 1. The number of carbonyl (C=O) groups is 1. The van der Waals surface area contributed by atoms with Gasteiger partial charge < -0.3 is 9.47 Å². The summed E-state index contributed by atoms with van der Waals surface area (Å²) in [5, 5.41) is 11.6. The molecule has 1 N–H and O–H groups in total. The molecule has 0 aliphatic carbocycles. The lowest BCUT2D eigenvalue weighted by Crippen LogP contribution is -2.10. The van der Waals surface area contributed by atoms with E-state index in [9.17, 15) is 4.79 Å². The molecule has 1 amide bonds. The summed E-state index contributed by atoms with van der Waals surface area (Å²) in [7, 11) is 1.31. The van der Waals surface area contributed by atoms with Gasteiger partial charge in [0.25, 0.3) is 0 Å². The molecule has 5 heteroatoms. The Morgan fingerprint density at radius 1 is 1.19 bits per heavy atom. The molecule has 0 aliphatic heterocycles. The fourth-order valence-electron chi connectivity index (χ4n) is 1.72. The zero-order valence-electron chi connectivity index (χ0n) is 11.5. The van der Waals surface area contributed by atoms with Crippen LogP contribution in [0.3, 0.4) is 0 Å². The third-order valence-corrected chi connectivity index (χ3v) is 2.82. The molecule has 0 bridgehead atoms. The van der Waals surface area contributed by atoms with Crippen molar-refractivity contribution in [1.82, 2.24) is 0 Å². The van der Waals surface area contributed by atoms with Crippen molar-refractivity contribution in [3.63, 3.8) is 0 Å². The van der Waals surface area contributed by atoms with Crippen LogP contribution in [0.5, 0.6) is 5.75 Å². The topological polar surface area (TPSA) is 71.3 Å². The highest BCUT2D eigenvalue weighted by Gasteiger charge is 2.03. The minimum atomic E-state index is -0.522. The molecule has 106 valence electrons. The van der Waals surface area contributed by atoms with Crippen LogP contribution in [0.4, 0.5) is 10.5 Å². The van der Waals surface area contributed by atoms with Gasteiger partial charge in [0.05, 0.1) is 18.7 Å². The Balaban J connectivity index is 1.98. The van der Waals surface area contributed by atoms with Gasteiger partial charge in [-0.3, -0.25) is 5.32 Å². The standard InChI is InChI=1S/C16H14N2O3/c1-20-16(19)18-14-6-8-15(9-7-14)21-11-13-5-3-2-4-12(13)10-17/h2-9H,11H2,1H3,(H,18,19). The van der Waals surface area contributed by atoms with Gasteiger partial charge in [-0.25, -0.2) is 4.79 Å². The Bertz CT molecular complexity index is 660. The molecule has 2 aromatic rings. The first-order valence-corrected chi connectivity index (χ1v) is 6.29. The summed E-state index contributed by atoms with van der Waals surface area (Å²) in [4.78, 5) is 11.1. The minimum Gasteiger partial charge on any atom is -0.489 e. The molecule has 0 radical (unpaired) electrons. The Hall–Kier alpha value is -3.00. The normalized spacial score (nSPS) is 9.52. The van der Waals surface area contributed by atoms with Gasteiger partial charge in [-0.2, -0.15) is 5.26 Å². The van der Waals surface area contributed by atoms with Crippen molar-refractivity contribution < 1.29 is 14.3 Å². The van der Waals surface area contributed by atoms with E-state index in [-0.39, 0.29) is 0 Å². The summed E-state index contributed by atoms with van der Waals surface area (Å²) in [6.07, 6.45) is -0.522. The molecule has 0 saturated carbocycles. The fraction of sp³-hybridized carbons (Fsp3) is 0.125. The number of hydrogen-bond acceptors (Lipinski definition) is 4. The van der Waals surface area contributed by atoms with Crippen molar-refractivity contribution in [2.24, 2.45) is 0 Å². The second-order valence-electron chi connectivity index (χ2n) is 4.20. The lowest BCUT2D eigenvalue weighted by molar-refractivity contribution is 0.187. The van der Waals surface area contributed by atoms with Gasteiger partial charge in [-0.05, 0) is 30.3 Å². The maximum absolute atomic E-state index is 11.1. The molecule has 0 atom stereocenters. The van der Waals surface area contributed by atoms with Gasteiger partial charge in [-0.1, -0.05) is 18.2 Å². The third kappa shape index (κ3) is 3.98. The number of hydrogen-bond donors (Lipinski definition) is 1. The van der Waals surface area contributed by atoms with Crippen LogP contribution in [-0.4, -0.2) is 13.2 Å². The van der Waals surface area contributed by atoms with E-state index in [1.807, 2.05) is 18.2 Å². The number of benzene rings is 2. The summed E-state index contributed by atoms with van der Waals surface area (Å²) in [6.45, 7) is 0.313. The quantitative estimate of drug-likeness (QED) is 0.933. The van der Waals surface area contributed by atoms with E-state index in [1.54, 1.807) is 30.3 Å². The molecule has 0 unspecified atom stereocenters. The number of ether oxygens (including phenoxy) is 2. The second kappa shape index (κ2) is 6.96. The summed E-state index contributed by atoms with van der Waals surface area (Å²) in [5.41, 5.74) is 2.05. The molecule has 2 aromatic carbocycles. The number of nitrogens with zero attached hydrogens (tertiary/aromatic N) is 1. The smallest absolute Gasteiger partial charge is 0.411 e. The second-order valence-corrected chi connectivity index (χ2v) is 4.20. The van der Waals surface area contributed by atoms with E-state index in [2.05, 4.69) is 16.1 Å². The summed E-state index contributed by atoms with van der Waals surface area (Å²) >= 11 is 0. The first kappa shape index (κ1) is 14.4. The first-order chi connectivity index (χ1) is 10.2. The van der Waals surface area contributed by atoms with Crippen LogP contribution in [0.15, 0.2) is 48.5 Å². The number of methoxy groups -OCH3 is 1. The molecule has 0 aromatic heterocycles. The van der Waals surface area contributed by atoms with E-state index in [4.69, 9.17) is 10.00 Å². The molecule has 0 fully saturated rings. The van der Waals surface area contributed by atoms with E-state index in [1.165, 1.54) is 7.11 Å². The van der Waals surface area contributed by atoms with Crippen LogP contribution in [-0.2, 0) is 11.3 Å².